The van der Waals surface area contributed by atoms with Crippen LogP contribution in [0.1, 0.15) is 69.2 Å². The Labute approximate surface area is 226 Å². The van der Waals surface area contributed by atoms with E-state index in [0.29, 0.717) is 23.3 Å². The van der Waals surface area contributed by atoms with Crippen molar-refractivity contribution in [2.24, 2.45) is 11.7 Å². The van der Waals surface area contributed by atoms with Crippen molar-refractivity contribution in [2.75, 3.05) is 20.3 Å². The van der Waals surface area contributed by atoms with Gasteiger partial charge in [0.1, 0.15) is 6.79 Å². The molecule has 0 amide bonds. The summed E-state index contributed by atoms with van der Waals surface area (Å²) in [5, 5.41) is 10.7. The minimum Gasteiger partial charge on any atom is -0.481 e. The highest BCUT2D eigenvalue weighted by atomic mass is 35.5. The lowest BCUT2D eigenvalue weighted by Crippen LogP contribution is -2.28. The number of halogens is 2. The molecule has 1 aliphatic rings. The molecule has 1 saturated heterocycles. The minimum atomic E-state index is -0.793. The van der Waals surface area contributed by atoms with Gasteiger partial charge in [-0.3, -0.25) is 4.79 Å². The van der Waals surface area contributed by atoms with Gasteiger partial charge in [-0.2, -0.15) is 0 Å². The van der Waals surface area contributed by atoms with Crippen LogP contribution in [0.2, 0.25) is 10.0 Å². The van der Waals surface area contributed by atoms with Gasteiger partial charge in [0.25, 0.3) is 0 Å². The van der Waals surface area contributed by atoms with Crippen LogP contribution in [0.4, 0.5) is 0 Å². The highest BCUT2D eigenvalue weighted by Gasteiger charge is 2.38. The Morgan fingerprint density at radius 1 is 1.11 bits per heavy atom. The van der Waals surface area contributed by atoms with Gasteiger partial charge in [-0.1, -0.05) is 92.9 Å². The number of carbonyl (C=O) groups excluding carboxylic acids is 1. The number of hydrogen-bond donors (Lipinski definition) is 2. The van der Waals surface area contributed by atoms with Crippen LogP contribution in [-0.2, 0) is 19.7 Å². The zero-order valence-electron chi connectivity index (χ0n) is 22.5. The van der Waals surface area contributed by atoms with Crippen LogP contribution in [0, 0.1) is 12.8 Å². The highest BCUT2D eigenvalue weighted by molar-refractivity contribution is 6.43. The summed E-state index contributed by atoms with van der Waals surface area (Å²) in [5.74, 6) is -1.29. The molecule has 36 heavy (non-hydrogen) atoms. The molecular weight excluding hydrogens is 497 g/mol. The van der Waals surface area contributed by atoms with Gasteiger partial charge < -0.3 is 20.4 Å². The number of carbonyl (C=O) groups is 2. The van der Waals surface area contributed by atoms with Crippen molar-refractivity contribution in [1.82, 2.24) is 0 Å². The first kappa shape index (κ1) is 33.8. The molecule has 0 spiro atoms. The van der Waals surface area contributed by atoms with E-state index in [4.69, 9.17) is 32.7 Å². The van der Waals surface area contributed by atoms with Gasteiger partial charge in [-0.05, 0) is 61.6 Å². The second-order valence-electron chi connectivity index (χ2n) is 8.49. The fraction of sp³-hybridized carbons (Fsp3) is 0.448. The molecule has 2 aromatic rings. The number of benzene rings is 2. The average molecular weight is 539 g/mol. The molecule has 0 bridgehead atoms. The average Bonchev–Trinajstić information content (AvgIpc) is 3.39. The molecule has 0 radical (unpaired) electrons. The van der Waals surface area contributed by atoms with E-state index in [1.165, 1.54) is 7.05 Å². The maximum absolute atomic E-state index is 11.7. The third-order valence-electron chi connectivity index (χ3n) is 6.24. The molecular formula is C29H41Cl2NO4. The Morgan fingerprint density at radius 3 is 2.11 bits per heavy atom. The number of aliphatic carboxylic acids is 1. The van der Waals surface area contributed by atoms with E-state index in [1.807, 2.05) is 77.8 Å². The lowest BCUT2D eigenvalue weighted by Gasteiger charge is -2.30. The molecule has 1 fully saturated rings. The second kappa shape index (κ2) is 16.5. The molecule has 0 saturated carbocycles. The zero-order chi connectivity index (χ0) is 28.1. The Hall–Kier alpha value is -2.18. The molecule has 1 aliphatic heterocycles. The fourth-order valence-corrected chi connectivity index (χ4v) is 4.78. The van der Waals surface area contributed by atoms with Crippen LogP contribution in [-0.4, -0.2) is 38.1 Å². The van der Waals surface area contributed by atoms with Gasteiger partial charge in [-0.25, -0.2) is 0 Å². The number of ether oxygens (including phenoxy) is 1. The predicted octanol–water partition coefficient (Wildman–Crippen LogP) is 7.30. The minimum absolute atomic E-state index is 0.0201. The maximum Gasteiger partial charge on any atom is 0.311 e. The van der Waals surface area contributed by atoms with E-state index < -0.39 is 11.9 Å². The second-order valence-corrected chi connectivity index (χ2v) is 9.27. The van der Waals surface area contributed by atoms with E-state index in [0.717, 1.165) is 34.2 Å². The van der Waals surface area contributed by atoms with Crippen LogP contribution in [0.3, 0.4) is 0 Å². The van der Waals surface area contributed by atoms with Crippen molar-refractivity contribution in [1.29, 1.82) is 0 Å². The van der Waals surface area contributed by atoms with Gasteiger partial charge in [0.05, 0.1) is 22.6 Å². The molecule has 2 unspecified atom stereocenters. The van der Waals surface area contributed by atoms with Crippen molar-refractivity contribution in [2.45, 2.75) is 59.3 Å². The first-order valence-electron chi connectivity index (χ1n) is 12.1. The van der Waals surface area contributed by atoms with Gasteiger partial charge >= 0.3 is 5.97 Å². The normalized spacial score (nSPS) is 17.6. The number of rotatable bonds is 6. The monoisotopic (exact) mass is 537 g/mol. The van der Waals surface area contributed by atoms with Gasteiger partial charge in [-0.15, -0.1) is 0 Å². The van der Waals surface area contributed by atoms with Crippen LogP contribution >= 0.6 is 23.2 Å². The molecule has 1 heterocycles. The highest BCUT2D eigenvalue weighted by Crippen LogP contribution is 2.42. The Bertz CT molecular complexity index is 982. The third-order valence-corrected chi connectivity index (χ3v) is 7.06. The van der Waals surface area contributed by atoms with E-state index in [1.54, 1.807) is 0 Å². The molecule has 5 nitrogen and oxygen atoms in total. The van der Waals surface area contributed by atoms with Crippen molar-refractivity contribution in [3.05, 3.63) is 74.3 Å². The standard InChI is InChI=1S/C25H28Cl2O3.C2H6.CH5N.CH2O/c1-15(2)22(24(28)29)18-6-8-19(9-7-18)25(11-12-30-14-25)17(4)13-20-16(3)5-10-21(26)23(20)27;3*1-2/h5-10,13,15,22H,11-12,14H2,1-4H3,(H,28,29);1-2H3;2H2,1H3;1H2/b17-13+;;;. The summed E-state index contributed by atoms with van der Waals surface area (Å²) in [4.78, 5) is 19.7. The quantitative estimate of drug-likeness (QED) is 0.403. The van der Waals surface area contributed by atoms with Gasteiger partial charge in [0.2, 0.25) is 0 Å². The summed E-state index contributed by atoms with van der Waals surface area (Å²) < 4.78 is 5.82. The van der Waals surface area contributed by atoms with E-state index in [2.05, 4.69) is 18.7 Å². The molecule has 0 aliphatic carbocycles. The summed E-state index contributed by atoms with van der Waals surface area (Å²) >= 11 is 12.7. The number of carboxylic acid groups (broad SMARTS) is 1. The smallest absolute Gasteiger partial charge is 0.311 e. The largest absolute Gasteiger partial charge is 0.481 e. The molecule has 3 rings (SSSR count). The van der Waals surface area contributed by atoms with Crippen molar-refractivity contribution < 1.29 is 19.4 Å². The molecule has 2 aromatic carbocycles. The number of carboxylic acids is 1. The fourth-order valence-electron chi connectivity index (χ4n) is 4.35. The number of nitrogens with two attached hydrogens (primary N) is 1. The Balaban J connectivity index is 0.00000190. The molecule has 2 atom stereocenters. The van der Waals surface area contributed by atoms with Crippen molar-refractivity contribution in [3.8, 4) is 0 Å². The lowest BCUT2D eigenvalue weighted by molar-refractivity contribution is -0.139. The van der Waals surface area contributed by atoms with Gasteiger partial charge in [0, 0.05) is 12.0 Å². The molecule has 3 N–H and O–H groups in total. The van der Waals surface area contributed by atoms with Gasteiger partial charge in [0.15, 0.2) is 0 Å². The summed E-state index contributed by atoms with van der Waals surface area (Å²) in [5.41, 5.74) is 9.32. The lowest BCUT2D eigenvalue weighted by atomic mass is 9.73. The van der Waals surface area contributed by atoms with E-state index in [-0.39, 0.29) is 11.3 Å². The molecule has 0 aromatic heterocycles. The van der Waals surface area contributed by atoms with Crippen LogP contribution in [0.5, 0.6) is 0 Å². The third kappa shape index (κ3) is 7.91. The SMILES string of the molecule is C/C(=C\c1c(C)ccc(Cl)c1Cl)C1(c2ccc(C(C(=O)O)C(C)C)cc2)CCOC1.C=O.CC.CN. The van der Waals surface area contributed by atoms with Crippen LogP contribution < -0.4 is 5.73 Å². The zero-order valence-corrected chi connectivity index (χ0v) is 24.0. The molecule has 200 valence electrons. The Kier molecular flexibility index (Phi) is 15.5. The summed E-state index contributed by atoms with van der Waals surface area (Å²) in [6.45, 7) is 15.3. The van der Waals surface area contributed by atoms with Crippen molar-refractivity contribution >= 4 is 42.0 Å². The van der Waals surface area contributed by atoms with Crippen molar-refractivity contribution in [3.63, 3.8) is 0 Å². The summed E-state index contributed by atoms with van der Waals surface area (Å²) in [6, 6.07) is 11.8. The Morgan fingerprint density at radius 2 is 1.67 bits per heavy atom. The first-order valence-corrected chi connectivity index (χ1v) is 12.8. The number of aryl methyl sites for hydroxylation is 1. The number of hydrogen-bond acceptors (Lipinski definition) is 4. The van der Waals surface area contributed by atoms with E-state index >= 15 is 0 Å². The molecule has 7 heteroatoms. The first-order chi connectivity index (χ1) is 17.2. The van der Waals surface area contributed by atoms with Crippen LogP contribution in [0.15, 0.2) is 42.0 Å². The summed E-state index contributed by atoms with van der Waals surface area (Å²) in [7, 11) is 1.50. The summed E-state index contributed by atoms with van der Waals surface area (Å²) in [6.07, 6.45) is 2.97. The maximum atomic E-state index is 11.7. The predicted molar refractivity (Wildman–Crippen MR) is 152 cm³/mol. The van der Waals surface area contributed by atoms with E-state index in [9.17, 15) is 9.90 Å². The topological polar surface area (TPSA) is 89.6 Å². The van der Waals surface area contributed by atoms with Crippen LogP contribution in [0.25, 0.3) is 6.08 Å².